The van der Waals surface area contributed by atoms with E-state index in [4.69, 9.17) is 16.7 Å². The Hall–Kier alpha value is -2.78. The first-order valence-corrected chi connectivity index (χ1v) is 8.56. The van der Waals surface area contributed by atoms with E-state index in [1.54, 1.807) is 6.07 Å². The zero-order valence-corrected chi connectivity index (χ0v) is 14.3. The molecule has 1 aliphatic rings. The van der Waals surface area contributed by atoms with Crippen LogP contribution in [-0.2, 0) is 0 Å². The van der Waals surface area contributed by atoms with Gasteiger partial charge in [0, 0.05) is 17.0 Å². The molecule has 1 aliphatic heterocycles. The fourth-order valence-electron chi connectivity index (χ4n) is 3.15. The predicted octanol–water partition coefficient (Wildman–Crippen LogP) is 5.40. The lowest BCUT2D eigenvalue weighted by Crippen LogP contribution is -2.18. The lowest BCUT2D eigenvalue weighted by Gasteiger charge is -2.24. The molecule has 0 saturated heterocycles. The van der Waals surface area contributed by atoms with Crippen LogP contribution in [0.1, 0.15) is 23.6 Å². The molecule has 4 rings (SSSR count). The van der Waals surface area contributed by atoms with Crippen LogP contribution in [0.25, 0.3) is 0 Å². The number of nitrogens with zero attached hydrogens (tertiary/aromatic N) is 2. The number of aromatic hydroxyl groups is 1. The van der Waals surface area contributed by atoms with Gasteiger partial charge >= 0.3 is 0 Å². The van der Waals surface area contributed by atoms with E-state index in [0.717, 1.165) is 27.5 Å². The summed E-state index contributed by atoms with van der Waals surface area (Å²) in [6.07, 6.45) is 0.716. The lowest BCUT2D eigenvalue weighted by atomic mass is 9.98. The van der Waals surface area contributed by atoms with Crippen LogP contribution in [0.2, 0.25) is 5.02 Å². The van der Waals surface area contributed by atoms with E-state index < -0.39 is 0 Å². The van der Waals surface area contributed by atoms with E-state index in [1.165, 1.54) is 0 Å². The van der Waals surface area contributed by atoms with Crippen LogP contribution in [0.15, 0.2) is 84.0 Å². The molecule has 0 bridgehead atoms. The first-order valence-electron chi connectivity index (χ1n) is 8.18. The van der Waals surface area contributed by atoms with Crippen molar-refractivity contribution in [1.82, 2.24) is 0 Å². The molecule has 0 spiro atoms. The highest BCUT2D eigenvalue weighted by molar-refractivity contribution is 6.30. The van der Waals surface area contributed by atoms with Gasteiger partial charge in [0.1, 0.15) is 5.75 Å². The van der Waals surface area contributed by atoms with Gasteiger partial charge < -0.3 is 5.11 Å². The van der Waals surface area contributed by atoms with Gasteiger partial charge in [-0.2, -0.15) is 5.10 Å². The molecule has 124 valence electrons. The molecule has 0 unspecified atom stereocenters. The smallest absolute Gasteiger partial charge is 0.124 e. The van der Waals surface area contributed by atoms with Crippen molar-refractivity contribution >= 4 is 23.0 Å². The summed E-state index contributed by atoms with van der Waals surface area (Å²) in [7, 11) is 0. The summed E-state index contributed by atoms with van der Waals surface area (Å²) in [6.45, 7) is 0. The molecule has 3 aromatic carbocycles. The molecule has 1 heterocycles. The van der Waals surface area contributed by atoms with Crippen LogP contribution >= 0.6 is 11.6 Å². The molecule has 0 radical (unpaired) electrons. The number of hydrogen-bond acceptors (Lipinski definition) is 3. The van der Waals surface area contributed by atoms with Gasteiger partial charge in [0.2, 0.25) is 0 Å². The van der Waals surface area contributed by atoms with Crippen molar-refractivity contribution in [3.05, 3.63) is 95.0 Å². The third kappa shape index (κ3) is 3.11. The highest BCUT2D eigenvalue weighted by atomic mass is 35.5. The second-order valence-corrected chi connectivity index (χ2v) is 6.45. The number of anilines is 1. The van der Waals surface area contributed by atoms with Crippen LogP contribution in [0, 0.1) is 0 Å². The third-order valence-electron chi connectivity index (χ3n) is 4.40. The van der Waals surface area contributed by atoms with Crippen LogP contribution in [-0.4, -0.2) is 10.8 Å². The Balaban J connectivity index is 1.77. The first kappa shape index (κ1) is 15.7. The molecule has 0 fully saturated rings. The SMILES string of the molecule is Oc1ccccc1C1=NN(c2ccccc2)[C@@H](c2ccc(Cl)cc2)C1. The Morgan fingerprint density at radius 2 is 1.56 bits per heavy atom. The number of phenolic OH excluding ortho intramolecular Hbond substituents is 1. The predicted molar refractivity (Wildman–Crippen MR) is 102 cm³/mol. The van der Waals surface area contributed by atoms with Crippen LogP contribution in [0.4, 0.5) is 5.69 Å². The summed E-state index contributed by atoms with van der Waals surface area (Å²) in [5.41, 5.74) is 3.82. The minimum atomic E-state index is 0.0641. The van der Waals surface area contributed by atoms with E-state index >= 15 is 0 Å². The van der Waals surface area contributed by atoms with Gasteiger partial charge in [-0.05, 0) is 42.0 Å². The van der Waals surface area contributed by atoms with E-state index in [9.17, 15) is 5.11 Å². The second-order valence-electron chi connectivity index (χ2n) is 6.02. The van der Waals surface area contributed by atoms with E-state index in [-0.39, 0.29) is 11.8 Å². The molecule has 1 atom stereocenters. The maximum Gasteiger partial charge on any atom is 0.124 e. The van der Waals surface area contributed by atoms with Crippen LogP contribution in [0.5, 0.6) is 5.75 Å². The second kappa shape index (κ2) is 6.61. The summed E-state index contributed by atoms with van der Waals surface area (Å²) >= 11 is 6.04. The van der Waals surface area contributed by atoms with Gasteiger partial charge in [0.15, 0.2) is 0 Å². The number of rotatable bonds is 3. The van der Waals surface area contributed by atoms with Gasteiger partial charge in [0.25, 0.3) is 0 Å². The van der Waals surface area contributed by atoms with Gasteiger partial charge in [-0.3, -0.25) is 5.01 Å². The molecule has 3 nitrogen and oxygen atoms in total. The Labute approximate surface area is 151 Å². The molecule has 0 saturated carbocycles. The highest BCUT2D eigenvalue weighted by Gasteiger charge is 2.30. The molecule has 1 N–H and O–H groups in total. The number of halogens is 1. The summed E-state index contributed by atoms with van der Waals surface area (Å²) in [5, 5.41) is 17.8. The largest absolute Gasteiger partial charge is 0.507 e. The van der Waals surface area contributed by atoms with Crippen molar-refractivity contribution in [1.29, 1.82) is 0 Å². The van der Waals surface area contributed by atoms with Gasteiger partial charge in [-0.15, -0.1) is 0 Å². The number of phenols is 1. The zero-order valence-electron chi connectivity index (χ0n) is 13.5. The molecule has 0 aromatic heterocycles. The maximum atomic E-state index is 10.2. The van der Waals surface area contributed by atoms with Gasteiger partial charge in [-0.25, -0.2) is 0 Å². The average Bonchev–Trinajstić information content (AvgIpc) is 3.08. The quantitative estimate of drug-likeness (QED) is 0.687. The number of para-hydroxylation sites is 2. The minimum Gasteiger partial charge on any atom is -0.507 e. The summed E-state index contributed by atoms with van der Waals surface area (Å²) in [6, 6.07) is 25.3. The Morgan fingerprint density at radius 1 is 0.880 bits per heavy atom. The van der Waals surface area contributed by atoms with Crippen molar-refractivity contribution in [2.24, 2.45) is 5.10 Å². The van der Waals surface area contributed by atoms with Crippen LogP contribution in [0.3, 0.4) is 0 Å². The minimum absolute atomic E-state index is 0.0641. The third-order valence-corrected chi connectivity index (χ3v) is 4.65. The number of benzene rings is 3. The monoisotopic (exact) mass is 348 g/mol. The van der Waals surface area contributed by atoms with Crippen LogP contribution < -0.4 is 5.01 Å². The van der Waals surface area contributed by atoms with Gasteiger partial charge in [-0.1, -0.05) is 54.1 Å². The Bertz CT molecular complexity index is 907. The molecule has 25 heavy (non-hydrogen) atoms. The molecule has 3 aromatic rings. The summed E-state index contributed by atoms with van der Waals surface area (Å²) < 4.78 is 0. The first-order chi connectivity index (χ1) is 12.2. The van der Waals surface area contributed by atoms with Crippen molar-refractivity contribution in [2.75, 3.05) is 5.01 Å². The molecular weight excluding hydrogens is 332 g/mol. The molecular formula is C21H17ClN2O. The standard InChI is InChI=1S/C21H17ClN2O/c22-16-12-10-15(11-13-16)20-14-19(18-8-4-5-9-21(18)25)23-24(20)17-6-2-1-3-7-17/h1-13,20,25H,14H2/t20-/m1/s1. The number of hydrogen-bond donors (Lipinski definition) is 1. The molecule has 0 amide bonds. The maximum absolute atomic E-state index is 10.2. The molecule has 4 heteroatoms. The van der Waals surface area contributed by atoms with E-state index in [2.05, 4.69) is 0 Å². The van der Waals surface area contributed by atoms with Crippen molar-refractivity contribution < 1.29 is 5.11 Å². The lowest BCUT2D eigenvalue weighted by molar-refractivity contribution is 0.474. The normalized spacial score (nSPS) is 16.8. The highest BCUT2D eigenvalue weighted by Crippen LogP contribution is 2.38. The average molecular weight is 349 g/mol. The zero-order chi connectivity index (χ0) is 17.2. The van der Waals surface area contributed by atoms with Gasteiger partial charge in [0.05, 0.1) is 17.4 Å². The van der Waals surface area contributed by atoms with Crippen molar-refractivity contribution in [3.8, 4) is 5.75 Å². The van der Waals surface area contributed by atoms with E-state index in [1.807, 2.05) is 77.8 Å². The van der Waals surface area contributed by atoms with E-state index in [0.29, 0.717) is 6.42 Å². The summed E-state index contributed by atoms with van der Waals surface area (Å²) in [5.74, 6) is 0.256. The fraction of sp³-hybridized carbons (Fsp3) is 0.0952. The van der Waals surface area contributed by atoms with Crippen molar-refractivity contribution in [3.63, 3.8) is 0 Å². The molecule has 0 aliphatic carbocycles. The number of hydrazone groups is 1. The van der Waals surface area contributed by atoms with Crippen molar-refractivity contribution in [2.45, 2.75) is 12.5 Å². The summed E-state index contributed by atoms with van der Waals surface area (Å²) in [4.78, 5) is 0. The topological polar surface area (TPSA) is 35.8 Å². The Morgan fingerprint density at radius 3 is 2.28 bits per heavy atom. The Kier molecular flexibility index (Phi) is 4.16. The fourth-order valence-corrected chi connectivity index (χ4v) is 3.28.